The fraction of sp³-hybridized carbons (Fsp3) is 0.667. The monoisotopic (exact) mass is 253 g/mol. The van der Waals surface area contributed by atoms with Crippen LogP contribution in [0.4, 0.5) is 6.01 Å². The number of hydrogen-bond acceptors (Lipinski definition) is 6. The summed E-state index contributed by atoms with van der Waals surface area (Å²) in [4.78, 5) is 17.6. The largest absolute Gasteiger partial charge is 0.461 e. The number of hydrogen-bond donors (Lipinski definition) is 1. The molecular weight excluding hydrogens is 234 g/mol. The summed E-state index contributed by atoms with van der Waals surface area (Å²) in [7, 11) is 1.93. The number of carbonyl (C=O) groups excluding carboxylic acids is 1. The molecule has 1 aliphatic heterocycles. The molecule has 6 nitrogen and oxygen atoms in total. The number of aromatic nitrogens is 1. The molecule has 1 unspecified atom stereocenters. The van der Waals surface area contributed by atoms with E-state index in [2.05, 4.69) is 10.3 Å². The third kappa shape index (κ3) is 2.81. The van der Waals surface area contributed by atoms with E-state index in [0.717, 1.165) is 25.9 Å². The summed E-state index contributed by atoms with van der Waals surface area (Å²) in [5.41, 5.74) is 0.225. The maximum Gasteiger partial charge on any atom is 0.360 e. The van der Waals surface area contributed by atoms with Gasteiger partial charge in [-0.3, -0.25) is 0 Å². The molecule has 0 bridgehead atoms. The molecule has 0 saturated carbocycles. The highest BCUT2D eigenvalue weighted by atomic mass is 16.5. The van der Waals surface area contributed by atoms with Gasteiger partial charge in [-0.25, -0.2) is 4.79 Å². The minimum Gasteiger partial charge on any atom is -0.461 e. The van der Waals surface area contributed by atoms with Gasteiger partial charge in [0.25, 0.3) is 6.01 Å². The predicted octanol–water partition coefficient (Wildman–Crippen LogP) is 1.04. The summed E-state index contributed by atoms with van der Waals surface area (Å²) in [6.45, 7) is 4.07. The van der Waals surface area contributed by atoms with Crippen molar-refractivity contribution in [3.05, 3.63) is 12.0 Å². The van der Waals surface area contributed by atoms with Gasteiger partial charge in [0.15, 0.2) is 5.69 Å². The van der Waals surface area contributed by atoms with Crippen LogP contribution in [0, 0.1) is 0 Å². The van der Waals surface area contributed by atoms with Crippen LogP contribution < -0.4 is 10.2 Å². The Morgan fingerprint density at radius 3 is 3.22 bits per heavy atom. The minimum absolute atomic E-state index is 0.225. The van der Waals surface area contributed by atoms with E-state index in [4.69, 9.17) is 9.15 Å². The Labute approximate surface area is 106 Å². The summed E-state index contributed by atoms with van der Waals surface area (Å²) in [5.74, 6) is -0.442. The molecule has 0 amide bonds. The molecule has 0 aliphatic carbocycles. The third-order valence-corrected chi connectivity index (χ3v) is 3.10. The molecule has 0 aromatic carbocycles. The predicted molar refractivity (Wildman–Crippen MR) is 66.8 cm³/mol. The second kappa shape index (κ2) is 5.86. The van der Waals surface area contributed by atoms with Crippen LogP contribution in [-0.4, -0.2) is 43.7 Å². The highest BCUT2D eigenvalue weighted by Gasteiger charge is 2.22. The quantitative estimate of drug-likeness (QED) is 0.809. The molecule has 1 N–H and O–H groups in total. The van der Waals surface area contributed by atoms with Crippen LogP contribution in [-0.2, 0) is 4.74 Å². The van der Waals surface area contributed by atoms with Crippen molar-refractivity contribution in [2.75, 3.05) is 31.6 Å². The van der Waals surface area contributed by atoms with E-state index in [1.807, 2.05) is 11.9 Å². The molecule has 1 fully saturated rings. The Morgan fingerprint density at radius 1 is 1.72 bits per heavy atom. The van der Waals surface area contributed by atoms with E-state index < -0.39 is 5.97 Å². The highest BCUT2D eigenvalue weighted by Crippen LogP contribution is 2.18. The molecule has 0 radical (unpaired) electrons. The molecule has 18 heavy (non-hydrogen) atoms. The van der Waals surface area contributed by atoms with E-state index in [-0.39, 0.29) is 5.69 Å². The molecule has 1 aliphatic rings. The number of nitrogens with one attached hydrogen (secondary N) is 1. The average molecular weight is 253 g/mol. The number of oxazole rings is 1. The summed E-state index contributed by atoms with van der Waals surface area (Å²) in [6.07, 6.45) is 3.58. The molecule has 2 heterocycles. The van der Waals surface area contributed by atoms with Crippen molar-refractivity contribution in [1.82, 2.24) is 10.3 Å². The minimum atomic E-state index is -0.442. The Balaban J connectivity index is 2.02. The van der Waals surface area contributed by atoms with Crippen molar-refractivity contribution in [1.29, 1.82) is 0 Å². The highest BCUT2D eigenvalue weighted by molar-refractivity contribution is 5.87. The number of rotatable bonds is 4. The zero-order valence-corrected chi connectivity index (χ0v) is 10.8. The van der Waals surface area contributed by atoms with Gasteiger partial charge in [0.05, 0.1) is 6.61 Å². The fourth-order valence-electron chi connectivity index (χ4n) is 2.05. The maximum absolute atomic E-state index is 11.5. The molecule has 1 saturated heterocycles. The van der Waals surface area contributed by atoms with Crippen molar-refractivity contribution >= 4 is 12.0 Å². The van der Waals surface area contributed by atoms with Crippen LogP contribution >= 0.6 is 0 Å². The number of carbonyl (C=O) groups is 1. The van der Waals surface area contributed by atoms with Crippen molar-refractivity contribution in [3.63, 3.8) is 0 Å². The topological polar surface area (TPSA) is 67.6 Å². The van der Waals surface area contributed by atoms with Gasteiger partial charge in [-0.05, 0) is 26.3 Å². The zero-order chi connectivity index (χ0) is 13.0. The van der Waals surface area contributed by atoms with E-state index in [9.17, 15) is 4.79 Å². The molecule has 100 valence electrons. The lowest BCUT2D eigenvalue weighted by atomic mass is 10.1. The lowest BCUT2D eigenvalue weighted by molar-refractivity contribution is 0.0519. The van der Waals surface area contributed by atoms with Crippen LogP contribution in [0.15, 0.2) is 10.7 Å². The van der Waals surface area contributed by atoms with Crippen LogP contribution in [0.25, 0.3) is 0 Å². The van der Waals surface area contributed by atoms with Crippen molar-refractivity contribution in [3.8, 4) is 0 Å². The molecule has 2 rings (SSSR count). The summed E-state index contributed by atoms with van der Waals surface area (Å²) < 4.78 is 10.2. The lowest BCUT2D eigenvalue weighted by Gasteiger charge is -2.30. The summed E-state index contributed by atoms with van der Waals surface area (Å²) in [6, 6.07) is 0.819. The van der Waals surface area contributed by atoms with Crippen LogP contribution in [0.2, 0.25) is 0 Å². The standard InChI is InChI=1S/C12H19N3O3/c1-3-17-11(16)10-8-18-12(14-10)15(2)9-5-4-6-13-7-9/h8-9,13H,3-7H2,1-2H3. The number of nitrogens with zero attached hydrogens (tertiary/aromatic N) is 2. The fourth-order valence-corrected chi connectivity index (χ4v) is 2.05. The van der Waals surface area contributed by atoms with Gasteiger partial charge in [-0.2, -0.15) is 4.98 Å². The molecule has 6 heteroatoms. The summed E-state index contributed by atoms with van der Waals surface area (Å²) >= 11 is 0. The van der Waals surface area contributed by atoms with Gasteiger partial charge < -0.3 is 19.4 Å². The molecular formula is C12H19N3O3. The first-order valence-electron chi connectivity index (χ1n) is 6.28. The lowest BCUT2D eigenvalue weighted by Crippen LogP contribution is -2.44. The normalized spacial score (nSPS) is 19.6. The van der Waals surface area contributed by atoms with Crippen LogP contribution in [0.1, 0.15) is 30.3 Å². The smallest absolute Gasteiger partial charge is 0.360 e. The van der Waals surface area contributed by atoms with Crippen molar-refractivity contribution in [2.45, 2.75) is 25.8 Å². The van der Waals surface area contributed by atoms with Gasteiger partial charge >= 0.3 is 5.97 Å². The second-order valence-electron chi connectivity index (χ2n) is 4.35. The number of likely N-dealkylation sites (N-methyl/N-ethyl adjacent to an activating group) is 1. The van der Waals surface area contributed by atoms with Crippen molar-refractivity contribution < 1.29 is 13.9 Å². The van der Waals surface area contributed by atoms with E-state index >= 15 is 0 Å². The van der Waals surface area contributed by atoms with Gasteiger partial charge in [0.1, 0.15) is 6.26 Å². The Morgan fingerprint density at radius 2 is 2.56 bits per heavy atom. The number of esters is 1. The second-order valence-corrected chi connectivity index (χ2v) is 4.35. The van der Waals surface area contributed by atoms with Gasteiger partial charge in [0.2, 0.25) is 0 Å². The molecule has 1 aromatic rings. The number of anilines is 1. The molecule has 1 atom stereocenters. The number of ether oxygens (including phenoxy) is 1. The van der Waals surface area contributed by atoms with Crippen LogP contribution in [0.3, 0.4) is 0 Å². The van der Waals surface area contributed by atoms with Crippen molar-refractivity contribution in [2.24, 2.45) is 0 Å². The first-order valence-corrected chi connectivity index (χ1v) is 6.28. The van der Waals surface area contributed by atoms with E-state index in [0.29, 0.717) is 18.7 Å². The Kier molecular flexibility index (Phi) is 4.19. The first kappa shape index (κ1) is 12.9. The Bertz CT molecular complexity index is 399. The third-order valence-electron chi connectivity index (χ3n) is 3.10. The van der Waals surface area contributed by atoms with Gasteiger partial charge in [-0.1, -0.05) is 0 Å². The number of piperidine rings is 1. The van der Waals surface area contributed by atoms with E-state index in [1.165, 1.54) is 6.26 Å². The summed E-state index contributed by atoms with van der Waals surface area (Å²) in [5, 5.41) is 3.33. The SMILES string of the molecule is CCOC(=O)c1coc(N(C)C2CCCNC2)n1. The molecule has 1 aromatic heterocycles. The van der Waals surface area contributed by atoms with Crippen LogP contribution in [0.5, 0.6) is 0 Å². The van der Waals surface area contributed by atoms with Gasteiger partial charge in [-0.15, -0.1) is 0 Å². The van der Waals surface area contributed by atoms with E-state index in [1.54, 1.807) is 6.92 Å². The van der Waals surface area contributed by atoms with Gasteiger partial charge in [0, 0.05) is 19.6 Å². The molecule has 0 spiro atoms. The Hall–Kier alpha value is -1.56. The maximum atomic E-state index is 11.5. The first-order chi connectivity index (χ1) is 8.72. The zero-order valence-electron chi connectivity index (χ0n) is 10.8. The average Bonchev–Trinajstić information content (AvgIpc) is 2.89.